The highest BCUT2D eigenvalue weighted by Gasteiger charge is 2.33. The van der Waals surface area contributed by atoms with Crippen LogP contribution in [0.3, 0.4) is 0 Å². The maximum Gasteiger partial charge on any atom is 0.344 e. The summed E-state index contributed by atoms with van der Waals surface area (Å²) < 4.78 is 5.17. The number of esters is 1. The van der Waals surface area contributed by atoms with E-state index in [2.05, 4.69) is 4.98 Å². The highest BCUT2D eigenvalue weighted by Crippen LogP contribution is 2.43. The van der Waals surface area contributed by atoms with Gasteiger partial charge in [0.05, 0.1) is 11.7 Å². The number of hydrogen-bond donors (Lipinski definition) is 1. The lowest BCUT2D eigenvalue weighted by atomic mass is 10.1. The molecular formula is C22H18N2O4S. The van der Waals surface area contributed by atoms with Gasteiger partial charge >= 0.3 is 5.97 Å². The van der Waals surface area contributed by atoms with E-state index < -0.39 is 18.1 Å². The van der Waals surface area contributed by atoms with Crippen LogP contribution in [0.4, 0.5) is 5.69 Å². The molecule has 0 spiro atoms. The lowest BCUT2D eigenvalue weighted by Gasteiger charge is -2.37. The minimum atomic E-state index is -0.823. The van der Waals surface area contributed by atoms with E-state index in [-0.39, 0.29) is 17.5 Å². The van der Waals surface area contributed by atoms with E-state index in [0.29, 0.717) is 5.75 Å². The molecule has 2 aromatic carbocycles. The normalized spacial score (nSPS) is 15.4. The zero-order chi connectivity index (χ0) is 20.2. The highest BCUT2D eigenvalue weighted by molar-refractivity contribution is 7.99. The molecule has 1 amide bonds. The number of thioether (sulfide) groups is 1. The highest BCUT2D eigenvalue weighted by atomic mass is 32.2. The third-order valence-electron chi connectivity index (χ3n) is 4.65. The van der Waals surface area contributed by atoms with Crippen LogP contribution < -0.4 is 10.5 Å². The first-order valence-corrected chi connectivity index (χ1v) is 10.1. The van der Waals surface area contributed by atoms with Crippen LogP contribution in [0.5, 0.6) is 0 Å². The molecule has 29 heavy (non-hydrogen) atoms. The SMILES string of the molecule is O=C(OCC(=O)N1c2ccccc2SC[C@H]1c1ccccc1)c1ccc[nH]c1=O. The molecule has 0 fully saturated rings. The van der Waals surface area contributed by atoms with Gasteiger partial charge in [0.25, 0.3) is 11.5 Å². The lowest BCUT2D eigenvalue weighted by molar-refractivity contribution is -0.122. The molecule has 7 heteroatoms. The van der Waals surface area contributed by atoms with E-state index in [1.54, 1.807) is 16.7 Å². The fraction of sp³-hybridized carbons (Fsp3) is 0.136. The van der Waals surface area contributed by atoms with Gasteiger partial charge in [-0.05, 0) is 29.8 Å². The van der Waals surface area contributed by atoms with Gasteiger partial charge in [-0.2, -0.15) is 0 Å². The fourth-order valence-electron chi connectivity index (χ4n) is 3.27. The number of amides is 1. The summed E-state index contributed by atoms with van der Waals surface area (Å²) >= 11 is 1.69. The summed E-state index contributed by atoms with van der Waals surface area (Å²) in [6, 6.07) is 20.1. The molecule has 4 rings (SSSR count). The van der Waals surface area contributed by atoms with Gasteiger partial charge in [-0.1, -0.05) is 42.5 Å². The molecule has 146 valence electrons. The first-order chi connectivity index (χ1) is 14.1. The monoisotopic (exact) mass is 406 g/mol. The van der Waals surface area contributed by atoms with Crippen molar-refractivity contribution in [3.8, 4) is 0 Å². The number of fused-ring (bicyclic) bond motifs is 1. The molecule has 0 saturated carbocycles. The predicted octanol–water partition coefficient (Wildman–Crippen LogP) is 3.41. The van der Waals surface area contributed by atoms with Gasteiger partial charge in [0.1, 0.15) is 5.56 Å². The topological polar surface area (TPSA) is 79.5 Å². The molecule has 3 aromatic rings. The molecule has 6 nitrogen and oxygen atoms in total. The van der Waals surface area contributed by atoms with Crippen molar-refractivity contribution in [1.29, 1.82) is 0 Å². The van der Waals surface area contributed by atoms with Crippen LogP contribution in [0.15, 0.2) is 82.6 Å². The molecule has 0 aliphatic carbocycles. The van der Waals surface area contributed by atoms with Crippen LogP contribution in [0, 0.1) is 0 Å². The molecule has 2 heterocycles. The molecule has 0 bridgehead atoms. The standard InChI is InChI=1S/C22H18N2O4S/c25-20(13-28-22(27)16-9-6-12-23-21(16)26)24-17-10-4-5-11-19(17)29-14-18(24)15-7-2-1-3-8-15/h1-12,18H,13-14H2,(H,23,26)/t18-/m0/s1. The largest absolute Gasteiger partial charge is 0.452 e. The summed E-state index contributed by atoms with van der Waals surface area (Å²) in [5, 5.41) is 0. The molecule has 1 aliphatic heterocycles. The summed E-state index contributed by atoms with van der Waals surface area (Å²) in [6.45, 7) is -0.449. The summed E-state index contributed by atoms with van der Waals surface area (Å²) in [7, 11) is 0. The lowest BCUT2D eigenvalue weighted by Crippen LogP contribution is -2.41. The first kappa shape index (κ1) is 19.0. The average molecular weight is 406 g/mol. The summed E-state index contributed by atoms with van der Waals surface area (Å²) in [6.07, 6.45) is 1.43. The van der Waals surface area contributed by atoms with Crippen LogP contribution in [0.1, 0.15) is 22.0 Å². The maximum absolute atomic E-state index is 13.1. The number of nitrogens with zero attached hydrogens (tertiary/aromatic N) is 1. The average Bonchev–Trinajstić information content (AvgIpc) is 2.77. The van der Waals surface area contributed by atoms with Crippen molar-refractivity contribution >= 4 is 29.3 Å². The molecule has 0 radical (unpaired) electrons. The smallest absolute Gasteiger partial charge is 0.344 e. The van der Waals surface area contributed by atoms with Gasteiger partial charge in [0, 0.05) is 16.8 Å². The molecular weight excluding hydrogens is 388 g/mol. The van der Waals surface area contributed by atoms with Crippen molar-refractivity contribution in [2.75, 3.05) is 17.3 Å². The number of rotatable bonds is 4. The van der Waals surface area contributed by atoms with Crippen molar-refractivity contribution < 1.29 is 14.3 Å². The number of para-hydroxylation sites is 1. The van der Waals surface area contributed by atoms with Crippen LogP contribution in [0.2, 0.25) is 0 Å². The van der Waals surface area contributed by atoms with Gasteiger partial charge in [0.15, 0.2) is 6.61 Å². The van der Waals surface area contributed by atoms with Gasteiger partial charge < -0.3 is 9.72 Å². The molecule has 1 atom stereocenters. The second-order valence-electron chi connectivity index (χ2n) is 6.46. The Bertz CT molecular complexity index is 1100. The number of benzene rings is 2. The maximum atomic E-state index is 13.1. The number of H-pyrrole nitrogens is 1. The van der Waals surface area contributed by atoms with Gasteiger partial charge in [0.2, 0.25) is 0 Å². The molecule has 1 aromatic heterocycles. The second-order valence-corrected chi connectivity index (χ2v) is 7.52. The zero-order valence-electron chi connectivity index (χ0n) is 15.4. The Kier molecular flexibility index (Phi) is 5.48. The summed E-state index contributed by atoms with van der Waals surface area (Å²) in [5.41, 5.74) is 1.12. The summed E-state index contributed by atoms with van der Waals surface area (Å²) in [4.78, 5) is 42.2. The number of aromatic nitrogens is 1. The van der Waals surface area contributed by atoms with E-state index in [1.807, 2.05) is 54.6 Å². The minimum Gasteiger partial charge on any atom is -0.452 e. The van der Waals surface area contributed by atoms with Gasteiger partial charge in [-0.3, -0.25) is 14.5 Å². The number of aromatic amines is 1. The van der Waals surface area contributed by atoms with E-state index in [0.717, 1.165) is 16.1 Å². The molecule has 0 saturated heterocycles. The number of pyridine rings is 1. The zero-order valence-corrected chi connectivity index (χ0v) is 16.2. The molecule has 1 aliphatic rings. The third-order valence-corrected chi connectivity index (χ3v) is 5.79. The Morgan fingerprint density at radius 1 is 1.03 bits per heavy atom. The fourth-order valence-corrected chi connectivity index (χ4v) is 4.44. The number of carbonyl (C=O) groups is 2. The Morgan fingerprint density at radius 3 is 2.59 bits per heavy atom. The van der Waals surface area contributed by atoms with Crippen LogP contribution in [-0.4, -0.2) is 29.2 Å². The first-order valence-electron chi connectivity index (χ1n) is 9.09. The van der Waals surface area contributed by atoms with Crippen molar-refractivity contribution in [2.45, 2.75) is 10.9 Å². The number of ether oxygens (including phenoxy) is 1. The number of nitrogens with one attached hydrogen (secondary N) is 1. The van der Waals surface area contributed by atoms with Crippen molar-refractivity contribution in [3.05, 3.63) is 94.4 Å². The Balaban J connectivity index is 1.59. The Morgan fingerprint density at radius 2 is 1.79 bits per heavy atom. The van der Waals surface area contributed by atoms with Crippen LogP contribution in [0.25, 0.3) is 0 Å². The quantitative estimate of drug-likeness (QED) is 0.672. The van der Waals surface area contributed by atoms with Crippen LogP contribution in [-0.2, 0) is 9.53 Å². The summed E-state index contributed by atoms with van der Waals surface area (Å²) in [5.74, 6) is -0.470. The Labute approximate surface area is 171 Å². The number of carbonyl (C=O) groups excluding carboxylic acids is 2. The number of hydrogen-bond acceptors (Lipinski definition) is 5. The predicted molar refractivity (Wildman–Crippen MR) is 111 cm³/mol. The molecule has 0 unspecified atom stereocenters. The Hall–Kier alpha value is -3.32. The third kappa shape index (κ3) is 3.95. The van der Waals surface area contributed by atoms with E-state index >= 15 is 0 Å². The van der Waals surface area contributed by atoms with Gasteiger partial charge in [-0.25, -0.2) is 4.79 Å². The van der Waals surface area contributed by atoms with Crippen molar-refractivity contribution in [2.24, 2.45) is 0 Å². The van der Waals surface area contributed by atoms with Crippen LogP contribution >= 0.6 is 11.8 Å². The van der Waals surface area contributed by atoms with Gasteiger partial charge in [-0.15, -0.1) is 11.8 Å². The van der Waals surface area contributed by atoms with E-state index in [1.165, 1.54) is 18.3 Å². The van der Waals surface area contributed by atoms with E-state index in [9.17, 15) is 14.4 Å². The number of anilines is 1. The van der Waals surface area contributed by atoms with Crippen molar-refractivity contribution in [3.63, 3.8) is 0 Å². The minimum absolute atomic E-state index is 0.130. The van der Waals surface area contributed by atoms with Crippen molar-refractivity contribution in [1.82, 2.24) is 4.98 Å². The molecule has 1 N–H and O–H groups in total. The second kappa shape index (κ2) is 8.36. The van der Waals surface area contributed by atoms with E-state index in [4.69, 9.17) is 4.74 Å².